The minimum Gasteiger partial charge on any atom is -0.386 e. The average molecular weight is 200 g/mol. The molecule has 0 aliphatic heterocycles. The van der Waals surface area contributed by atoms with Crippen LogP contribution < -0.4 is 0 Å². The van der Waals surface area contributed by atoms with Crippen LogP contribution >= 0.6 is 0 Å². The van der Waals surface area contributed by atoms with Gasteiger partial charge in [-0.3, -0.25) is 5.26 Å². The summed E-state index contributed by atoms with van der Waals surface area (Å²) >= 11 is 0. The Balaban J connectivity index is 2.66. The molecule has 0 bridgehead atoms. The number of hydrogen-bond acceptors (Lipinski definition) is 3. The Kier molecular flexibility index (Phi) is 3.35. The fourth-order valence-electron chi connectivity index (χ4n) is 1.92. The van der Waals surface area contributed by atoms with Gasteiger partial charge in [0, 0.05) is 0 Å². The van der Waals surface area contributed by atoms with E-state index >= 15 is 0 Å². The van der Waals surface area contributed by atoms with Gasteiger partial charge in [0.05, 0.1) is 5.60 Å². The lowest BCUT2D eigenvalue weighted by atomic mass is 9.79. The van der Waals surface area contributed by atoms with E-state index in [2.05, 4.69) is 18.7 Å². The first kappa shape index (κ1) is 11.7. The highest BCUT2D eigenvalue weighted by molar-refractivity contribution is 5.13. The van der Waals surface area contributed by atoms with Crippen LogP contribution in [0.15, 0.2) is 12.2 Å². The molecule has 2 atom stereocenters. The molecule has 1 aliphatic carbocycles. The van der Waals surface area contributed by atoms with Crippen molar-refractivity contribution in [2.45, 2.75) is 51.2 Å². The van der Waals surface area contributed by atoms with Gasteiger partial charge in [-0.25, -0.2) is 4.89 Å². The quantitative estimate of drug-likeness (QED) is 0.418. The molecule has 2 N–H and O–H groups in total. The maximum absolute atomic E-state index is 10.1. The Hall–Kier alpha value is -0.380. The van der Waals surface area contributed by atoms with Crippen molar-refractivity contribution < 1.29 is 15.3 Å². The Morgan fingerprint density at radius 2 is 2.00 bits per heavy atom. The van der Waals surface area contributed by atoms with Crippen molar-refractivity contribution in [2.24, 2.45) is 5.92 Å². The largest absolute Gasteiger partial charge is 0.386 e. The van der Waals surface area contributed by atoms with Crippen LogP contribution in [0.3, 0.4) is 0 Å². The van der Waals surface area contributed by atoms with Crippen LogP contribution in [0, 0.1) is 5.92 Å². The molecule has 0 heterocycles. The molecule has 0 aromatic carbocycles. The third-order valence-corrected chi connectivity index (χ3v) is 2.77. The zero-order valence-electron chi connectivity index (χ0n) is 9.16. The molecule has 0 spiro atoms. The van der Waals surface area contributed by atoms with E-state index in [9.17, 15) is 5.11 Å². The van der Waals surface area contributed by atoms with Crippen LogP contribution in [0.25, 0.3) is 0 Å². The van der Waals surface area contributed by atoms with E-state index in [1.807, 2.05) is 0 Å². The van der Waals surface area contributed by atoms with Crippen molar-refractivity contribution in [3.05, 3.63) is 12.2 Å². The van der Waals surface area contributed by atoms with Gasteiger partial charge in [0.15, 0.2) is 0 Å². The highest BCUT2D eigenvalue weighted by atomic mass is 17.1. The maximum atomic E-state index is 10.1. The summed E-state index contributed by atoms with van der Waals surface area (Å²) in [4.78, 5) is 4.38. The fraction of sp³-hybridized carbons (Fsp3) is 0.818. The van der Waals surface area contributed by atoms with Gasteiger partial charge < -0.3 is 5.11 Å². The van der Waals surface area contributed by atoms with Gasteiger partial charge in [0.2, 0.25) is 0 Å². The minimum absolute atomic E-state index is 0.462. The van der Waals surface area contributed by atoms with Crippen molar-refractivity contribution >= 4 is 0 Å². The fourth-order valence-corrected chi connectivity index (χ4v) is 1.92. The summed E-state index contributed by atoms with van der Waals surface area (Å²) < 4.78 is 0. The van der Waals surface area contributed by atoms with Crippen LogP contribution in [-0.4, -0.2) is 21.6 Å². The van der Waals surface area contributed by atoms with E-state index in [-0.39, 0.29) is 0 Å². The third kappa shape index (κ3) is 2.80. The van der Waals surface area contributed by atoms with Gasteiger partial charge in [0.25, 0.3) is 0 Å². The van der Waals surface area contributed by atoms with E-state index < -0.39 is 11.2 Å². The predicted molar refractivity (Wildman–Crippen MR) is 54.9 cm³/mol. The van der Waals surface area contributed by atoms with E-state index in [0.717, 1.165) is 6.42 Å². The average Bonchev–Trinajstić information content (AvgIpc) is 2.10. The number of rotatable bonds is 3. The Labute approximate surface area is 85.3 Å². The molecule has 3 heteroatoms. The predicted octanol–water partition coefficient (Wildman–Crippen LogP) is 2.36. The van der Waals surface area contributed by atoms with Crippen LogP contribution in [0.1, 0.15) is 40.0 Å². The van der Waals surface area contributed by atoms with Crippen molar-refractivity contribution in [3.8, 4) is 0 Å². The van der Waals surface area contributed by atoms with Crippen LogP contribution in [0.2, 0.25) is 0 Å². The van der Waals surface area contributed by atoms with Gasteiger partial charge >= 0.3 is 0 Å². The summed E-state index contributed by atoms with van der Waals surface area (Å²) in [6.45, 7) is 5.97. The molecule has 1 aliphatic rings. The van der Waals surface area contributed by atoms with Gasteiger partial charge in [-0.05, 0) is 32.1 Å². The second-order valence-electron chi connectivity index (χ2n) is 4.94. The molecule has 3 nitrogen and oxygen atoms in total. The summed E-state index contributed by atoms with van der Waals surface area (Å²) in [5, 5.41) is 18.8. The summed E-state index contributed by atoms with van der Waals surface area (Å²) in [5.74, 6) is 0.462. The molecule has 82 valence electrons. The second kappa shape index (κ2) is 4.01. The SMILES string of the molecule is CC(C)CC1(O)C=CC(C)(OO)CC1. The van der Waals surface area contributed by atoms with Gasteiger partial charge in [-0.2, -0.15) is 0 Å². The van der Waals surface area contributed by atoms with Gasteiger partial charge in [-0.1, -0.05) is 26.0 Å². The molecule has 0 radical (unpaired) electrons. The molecule has 0 aromatic rings. The monoisotopic (exact) mass is 200 g/mol. The van der Waals surface area contributed by atoms with Gasteiger partial charge in [0.1, 0.15) is 5.60 Å². The summed E-state index contributed by atoms with van der Waals surface area (Å²) in [7, 11) is 0. The summed E-state index contributed by atoms with van der Waals surface area (Å²) in [6, 6.07) is 0. The first-order chi connectivity index (χ1) is 6.39. The number of aliphatic hydroxyl groups is 1. The van der Waals surface area contributed by atoms with Crippen molar-refractivity contribution in [1.29, 1.82) is 0 Å². The second-order valence-corrected chi connectivity index (χ2v) is 4.94. The van der Waals surface area contributed by atoms with Crippen molar-refractivity contribution in [1.82, 2.24) is 0 Å². The highest BCUT2D eigenvalue weighted by Crippen LogP contribution is 2.34. The first-order valence-corrected chi connectivity index (χ1v) is 5.14. The van der Waals surface area contributed by atoms with Crippen molar-refractivity contribution in [3.63, 3.8) is 0 Å². The standard InChI is InChI=1S/C11H20O3/c1-9(2)8-11(12)6-4-10(3,14-13)5-7-11/h4,6,9,12-13H,5,7-8H2,1-3H3. The summed E-state index contributed by atoms with van der Waals surface area (Å²) in [6.07, 6.45) is 5.54. The third-order valence-electron chi connectivity index (χ3n) is 2.77. The normalized spacial score (nSPS) is 37.9. The van der Waals surface area contributed by atoms with E-state index in [4.69, 9.17) is 5.26 Å². The lowest BCUT2D eigenvalue weighted by Crippen LogP contribution is -2.38. The molecule has 1 rings (SSSR count). The van der Waals surface area contributed by atoms with E-state index in [1.54, 1.807) is 19.1 Å². The Bertz CT molecular complexity index is 225. The van der Waals surface area contributed by atoms with Crippen LogP contribution in [0.5, 0.6) is 0 Å². The zero-order chi connectivity index (χ0) is 10.8. The molecular formula is C11H20O3. The molecular weight excluding hydrogens is 180 g/mol. The van der Waals surface area contributed by atoms with Crippen LogP contribution in [-0.2, 0) is 4.89 Å². The zero-order valence-corrected chi connectivity index (χ0v) is 9.16. The molecule has 0 amide bonds. The maximum Gasteiger partial charge on any atom is 0.119 e. The van der Waals surface area contributed by atoms with Crippen LogP contribution in [0.4, 0.5) is 0 Å². The molecule has 14 heavy (non-hydrogen) atoms. The molecule has 2 unspecified atom stereocenters. The number of hydrogen-bond donors (Lipinski definition) is 2. The topological polar surface area (TPSA) is 49.7 Å². The Morgan fingerprint density at radius 1 is 1.36 bits per heavy atom. The Morgan fingerprint density at radius 3 is 2.36 bits per heavy atom. The molecule has 0 saturated carbocycles. The molecule has 0 aromatic heterocycles. The first-order valence-electron chi connectivity index (χ1n) is 5.14. The van der Waals surface area contributed by atoms with E-state index in [0.29, 0.717) is 18.8 Å². The minimum atomic E-state index is -0.716. The molecule has 0 saturated heterocycles. The smallest absolute Gasteiger partial charge is 0.119 e. The van der Waals surface area contributed by atoms with E-state index in [1.165, 1.54) is 0 Å². The lowest BCUT2D eigenvalue weighted by Gasteiger charge is -2.35. The highest BCUT2D eigenvalue weighted by Gasteiger charge is 2.35. The van der Waals surface area contributed by atoms with Gasteiger partial charge in [-0.15, -0.1) is 0 Å². The summed E-state index contributed by atoms with van der Waals surface area (Å²) in [5.41, 5.74) is -1.34. The molecule has 0 fully saturated rings. The lowest BCUT2D eigenvalue weighted by molar-refractivity contribution is -0.307. The van der Waals surface area contributed by atoms with Crippen molar-refractivity contribution in [2.75, 3.05) is 0 Å².